The molecule has 0 bridgehead atoms. The van der Waals surface area contributed by atoms with E-state index in [0.717, 1.165) is 5.56 Å². The Labute approximate surface area is 112 Å². The number of phenolic OH excluding ortho intramolecular Hbond substituents is 1. The highest BCUT2D eigenvalue weighted by Crippen LogP contribution is 2.11. The van der Waals surface area contributed by atoms with Gasteiger partial charge in [0.1, 0.15) is 5.75 Å². The highest BCUT2D eigenvalue weighted by molar-refractivity contribution is 5.78. The SMILES string of the molecule is CCC(CNC(=O)Cc1cccc(O)c1)CC(=O)O. The molecule has 19 heavy (non-hydrogen) atoms. The minimum atomic E-state index is -0.853. The maximum absolute atomic E-state index is 11.7. The van der Waals surface area contributed by atoms with Crippen molar-refractivity contribution in [3.05, 3.63) is 29.8 Å². The molecule has 0 aliphatic heterocycles. The number of rotatable bonds is 7. The molecule has 0 radical (unpaired) electrons. The van der Waals surface area contributed by atoms with Crippen molar-refractivity contribution in [2.45, 2.75) is 26.2 Å². The Morgan fingerprint density at radius 2 is 2.11 bits per heavy atom. The summed E-state index contributed by atoms with van der Waals surface area (Å²) in [6, 6.07) is 6.51. The Kier molecular flexibility index (Phi) is 5.85. The summed E-state index contributed by atoms with van der Waals surface area (Å²) in [5.74, 6) is -0.947. The number of benzene rings is 1. The van der Waals surface area contributed by atoms with E-state index in [2.05, 4.69) is 5.32 Å². The van der Waals surface area contributed by atoms with Gasteiger partial charge in [-0.25, -0.2) is 0 Å². The topological polar surface area (TPSA) is 86.6 Å². The molecule has 1 rings (SSSR count). The molecule has 0 aliphatic rings. The van der Waals surface area contributed by atoms with Crippen LogP contribution in [0.25, 0.3) is 0 Å². The average Bonchev–Trinajstić information content (AvgIpc) is 2.34. The first-order chi connectivity index (χ1) is 9.01. The lowest BCUT2D eigenvalue weighted by atomic mass is 10.0. The fourth-order valence-electron chi connectivity index (χ4n) is 1.78. The van der Waals surface area contributed by atoms with Crippen molar-refractivity contribution >= 4 is 11.9 Å². The van der Waals surface area contributed by atoms with Gasteiger partial charge in [-0.3, -0.25) is 9.59 Å². The van der Waals surface area contributed by atoms with Crippen LogP contribution in [0.4, 0.5) is 0 Å². The van der Waals surface area contributed by atoms with E-state index in [9.17, 15) is 14.7 Å². The summed E-state index contributed by atoms with van der Waals surface area (Å²) in [4.78, 5) is 22.3. The molecule has 5 heteroatoms. The lowest BCUT2D eigenvalue weighted by Gasteiger charge is -2.13. The monoisotopic (exact) mass is 265 g/mol. The van der Waals surface area contributed by atoms with Crippen LogP contribution in [0.15, 0.2) is 24.3 Å². The second-order valence-corrected chi connectivity index (χ2v) is 4.52. The molecule has 1 atom stereocenters. The van der Waals surface area contributed by atoms with Crippen molar-refractivity contribution in [1.82, 2.24) is 5.32 Å². The van der Waals surface area contributed by atoms with E-state index in [1.165, 1.54) is 6.07 Å². The number of carboxylic acid groups (broad SMARTS) is 1. The van der Waals surface area contributed by atoms with Gasteiger partial charge in [0.15, 0.2) is 0 Å². The van der Waals surface area contributed by atoms with E-state index < -0.39 is 5.97 Å². The van der Waals surface area contributed by atoms with Crippen LogP contribution in [-0.2, 0) is 16.0 Å². The van der Waals surface area contributed by atoms with Crippen molar-refractivity contribution < 1.29 is 19.8 Å². The highest BCUT2D eigenvalue weighted by atomic mass is 16.4. The molecule has 3 N–H and O–H groups in total. The van der Waals surface area contributed by atoms with Gasteiger partial charge in [-0.15, -0.1) is 0 Å². The summed E-state index contributed by atoms with van der Waals surface area (Å²) in [7, 11) is 0. The van der Waals surface area contributed by atoms with E-state index in [-0.39, 0.29) is 30.4 Å². The van der Waals surface area contributed by atoms with E-state index in [4.69, 9.17) is 5.11 Å². The normalized spacial score (nSPS) is 11.8. The molecule has 0 fully saturated rings. The number of amides is 1. The molecular formula is C14H19NO4. The van der Waals surface area contributed by atoms with E-state index in [1.54, 1.807) is 18.2 Å². The van der Waals surface area contributed by atoms with Crippen molar-refractivity contribution in [3.63, 3.8) is 0 Å². The van der Waals surface area contributed by atoms with E-state index >= 15 is 0 Å². The molecule has 0 saturated carbocycles. The van der Waals surface area contributed by atoms with Crippen LogP contribution in [0.5, 0.6) is 5.75 Å². The second kappa shape index (κ2) is 7.41. The fourth-order valence-corrected chi connectivity index (χ4v) is 1.78. The van der Waals surface area contributed by atoms with Crippen molar-refractivity contribution in [3.8, 4) is 5.75 Å². The number of nitrogens with one attached hydrogen (secondary N) is 1. The van der Waals surface area contributed by atoms with Gasteiger partial charge in [-0.05, 0) is 23.6 Å². The van der Waals surface area contributed by atoms with Gasteiger partial charge in [-0.2, -0.15) is 0 Å². The zero-order chi connectivity index (χ0) is 14.3. The third-order valence-electron chi connectivity index (χ3n) is 2.90. The third-order valence-corrected chi connectivity index (χ3v) is 2.90. The summed E-state index contributed by atoms with van der Waals surface area (Å²) >= 11 is 0. The Morgan fingerprint density at radius 3 is 2.68 bits per heavy atom. The van der Waals surface area contributed by atoms with Gasteiger partial charge in [0.2, 0.25) is 5.91 Å². The predicted octanol–water partition coefficient (Wildman–Crippen LogP) is 1.55. The molecular weight excluding hydrogens is 246 g/mol. The van der Waals surface area contributed by atoms with E-state index in [1.807, 2.05) is 6.92 Å². The van der Waals surface area contributed by atoms with E-state index in [0.29, 0.717) is 13.0 Å². The zero-order valence-electron chi connectivity index (χ0n) is 10.9. The van der Waals surface area contributed by atoms with Crippen LogP contribution in [0, 0.1) is 5.92 Å². The maximum Gasteiger partial charge on any atom is 0.303 e. The first-order valence-electron chi connectivity index (χ1n) is 6.27. The molecule has 0 aromatic heterocycles. The first-order valence-corrected chi connectivity index (χ1v) is 6.27. The van der Waals surface area contributed by atoms with Crippen LogP contribution in [-0.4, -0.2) is 28.6 Å². The summed E-state index contributed by atoms with van der Waals surface area (Å²) in [5, 5.41) is 20.7. The largest absolute Gasteiger partial charge is 0.508 e. The lowest BCUT2D eigenvalue weighted by molar-refractivity contribution is -0.138. The molecule has 1 aromatic rings. The zero-order valence-corrected chi connectivity index (χ0v) is 10.9. The number of aromatic hydroxyl groups is 1. The Morgan fingerprint density at radius 1 is 1.37 bits per heavy atom. The van der Waals surface area contributed by atoms with Gasteiger partial charge in [0, 0.05) is 13.0 Å². The summed E-state index contributed by atoms with van der Waals surface area (Å²) in [6.45, 7) is 2.26. The van der Waals surface area contributed by atoms with Crippen molar-refractivity contribution in [1.29, 1.82) is 0 Å². The molecule has 5 nitrogen and oxygen atoms in total. The van der Waals surface area contributed by atoms with Crippen molar-refractivity contribution in [2.24, 2.45) is 5.92 Å². The fraction of sp³-hybridized carbons (Fsp3) is 0.429. The average molecular weight is 265 g/mol. The van der Waals surface area contributed by atoms with Crippen LogP contribution in [0.2, 0.25) is 0 Å². The van der Waals surface area contributed by atoms with Gasteiger partial charge >= 0.3 is 5.97 Å². The molecule has 1 unspecified atom stereocenters. The summed E-state index contributed by atoms with van der Waals surface area (Å²) < 4.78 is 0. The Bertz CT molecular complexity index is 445. The van der Waals surface area contributed by atoms with Gasteiger partial charge in [0.05, 0.1) is 6.42 Å². The number of carbonyl (C=O) groups excluding carboxylic acids is 1. The standard InChI is InChI=1S/C14H19NO4/c1-2-10(8-14(18)19)9-15-13(17)7-11-4-3-5-12(16)6-11/h3-6,10,16H,2,7-9H2,1H3,(H,15,17)(H,18,19). The predicted molar refractivity (Wildman–Crippen MR) is 70.9 cm³/mol. The molecule has 0 spiro atoms. The molecule has 0 saturated heterocycles. The number of carboxylic acids is 1. The minimum absolute atomic E-state index is 0.0503. The summed E-state index contributed by atoms with van der Waals surface area (Å²) in [5.41, 5.74) is 0.726. The number of hydrogen-bond acceptors (Lipinski definition) is 3. The first kappa shape index (κ1) is 15.0. The molecule has 0 heterocycles. The van der Waals surface area contributed by atoms with Gasteiger partial charge in [-0.1, -0.05) is 25.5 Å². The number of hydrogen-bond donors (Lipinski definition) is 3. The number of phenols is 1. The van der Waals surface area contributed by atoms with Gasteiger partial charge in [0.25, 0.3) is 0 Å². The highest BCUT2D eigenvalue weighted by Gasteiger charge is 2.12. The second-order valence-electron chi connectivity index (χ2n) is 4.52. The molecule has 1 amide bonds. The maximum atomic E-state index is 11.7. The van der Waals surface area contributed by atoms with Crippen LogP contribution in [0.1, 0.15) is 25.3 Å². The van der Waals surface area contributed by atoms with Crippen LogP contribution < -0.4 is 5.32 Å². The smallest absolute Gasteiger partial charge is 0.303 e. The summed E-state index contributed by atoms with van der Waals surface area (Å²) in [6.07, 6.45) is 0.944. The van der Waals surface area contributed by atoms with Crippen molar-refractivity contribution in [2.75, 3.05) is 6.54 Å². The number of aliphatic carboxylic acids is 1. The number of carbonyl (C=O) groups is 2. The quantitative estimate of drug-likeness (QED) is 0.698. The van der Waals surface area contributed by atoms with Crippen LogP contribution in [0.3, 0.4) is 0 Å². The Hall–Kier alpha value is -2.04. The third kappa shape index (κ3) is 5.90. The molecule has 104 valence electrons. The minimum Gasteiger partial charge on any atom is -0.508 e. The van der Waals surface area contributed by atoms with Gasteiger partial charge < -0.3 is 15.5 Å². The van der Waals surface area contributed by atoms with Crippen LogP contribution >= 0.6 is 0 Å². The molecule has 0 aliphatic carbocycles. The molecule has 1 aromatic carbocycles. The lowest BCUT2D eigenvalue weighted by Crippen LogP contribution is -2.31. The Balaban J connectivity index is 2.40.